The molecule has 0 aliphatic carbocycles. The fourth-order valence-corrected chi connectivity index (χ4v) is 4.20. The average molecular weight is 391 g/mol. The minimum absolute atomic E-state index is 0.0659. The summed E-state index contributed by atoms with van der Waals surface area (Å²) in [6, 6.07) is 15.8. The zero-order valence-electron chi connectivity index (χ0n) is 14.1. The maximum absolute atomic E-state index is 13.3. The highest BCUT2D eigenvalue weighted by molar-refractivity contribution is 7.94. The number of rotatable bonds is 4. The normalized spacial score (nSPS) is 11.4. The number of aryl methyl sites for hydroxylation is 2. The van der Waals surface area contributed by atoms with E-state index in [1.807, 2.05) is 0 Å². The van der Waals surface area contributed by atoms with Gasteiger partial charge in [-0.2, -0.15) is 12.2 Å². The fraction of sp³-hybridized carbons (Fsp3) is 0.105. The SMILES string of the molecule is Cc1cc(F)ccc1-c1cccc(N(Cl)S(=O)(=O)c2ccccc2C)n1. The van der Waals surface area contributed by atoms with Crippen molar-refractivity contribution < 1.29 is 12.8 Å². The van der Waals surface area contributed by atoms with Crippen molar-refractivity contribution in [2.75, 3.05) is 3.82 Å². The molecule has 0 spiro atoms. The maximum Gasteiger partial charge on any atom is 0.279 e. The van der Waals surface area contributed by atoms with Crippen LogP contribution in [-0.2, 0) is 10.0 Å². The predicted molar refractivity (Wildman–Crippen MR) is 101 cm³/mol. The lowest BCUT2D eigenvalue weighted by Gasteiger charge is -2.17. The van der Waals surface area contributed by atoms with E-state index in [4.69, 9.17) is 11.8 Å². The lowest BCUT2D eigenvalue weighted by atomic mass is 10.1. The molecule has 0 saturated heterocycles. The van der Waals surface area contributed by atoms with Crippen LogP contribution in [0.4, 0.5) is 10.2 Å². The third-order valence-electron chi connectivity index (χ3n) is 3.96. The van der Waals surface area contributed by atoms with Crippen LogP contribution in [0.15, 0.2) is 65.6 Å². The Bertz CT molecular complexity index is 1070. The summed E-state index contributed by atoms with van der Waals surface area (Å²) in [6.45, 7) is 3.46. The third kappa shape index (κ3) is 3.43. The van der Waals surface area contributed by atoms with E-state index in [1.165, 1.54) is 24.3 Å². The van der Waals surface area contributed by atoms with E-state index in [0.717, 1.165) is 0 Å². The molecule has 0 bridgehead atoms. The number of nitrogens with zero attached hydrogens (tertiary/aromatic N) is 2. The van der Waals surface area contributed by atoms with Crippen LogP contribution in [0.5, 0.6) is 0 Å². The molecule has 26 heavy (non-hydrogen) atoms. The number of hydrogen-bond donors (Lipinski definition) is 0. The van der Waals surface area contributed by atoms with Gasteiger partial charge in [0.05, 0.1) is 10.6 Å². The maximum atomic E-state index is 13.3. The molecule has 2 aromatic carbocycles. The Labute approximate surface area is 157 Å². The van der Waals surface area contributed by atoms with Gasteiger partial charge in [-0.1, -0.05) is 24.3 Å². The van der Waals surface area contributed by atoms with Crippen molar-refractivity contribution in [2.45, 2.75) is 18.7 Å². The van der Waals surface area contributed by atoms with Crippen molar-refractivity contribution in [1.82, 2.24) is 4.98 Å². The highest BCUT2D eigenvalue weighted by Gasteiger charge is 2.26. The summed E-state index contributed by atoms with van der Waals surface area (Å²) in [5.74, 6) is -0.278. The number of hydrogen-bond acceptors (Lipinski definition) is 3. The number of pyridine rings is 1. The minimum Gasteiger partial charge on any atom is -0.228 e. The van der Waals surface area contributed by atoms with Crippen molar-refractivity contribution >= 4 is 27.6 Å². The van der Waals surface area contributed by atoms with Gasteiger partial charge in [-0.25, -0.2) is 9.37 Å². The summed E-state index contributed by atoms with van der Waals surface area (Å²) in [4.78, 5) is 4.46. The number of benzene rings is 2. The van der Waals surface area contributed by atoms with E-state index in [1.54, 1.807) is 50.2 Å². The second kappa shape index (κ2) is 7.05. The van der Waals surface area contributed by atoms with Gasteiger partial charge in [0.25, 0.3) is 10.0 Å². The Morgan fingerprint density at radius 3 is 2.38 bits per heavy atom. The van der Waals surface area contributed by atoms with Gasteiger partial charge in [-0.05, 0) is 61.4 Å². The standard InChI is InChI=1S/C19H16ClFN2O2S/c1-13-6-3-4-8-18(13)26(24,25)23(20)19-9-5-7-17(22-19)16-11-10-15(21)12-14(16)2/h3-12H,1-2H3. The second-order valence-corrected chi connectivity index (χ2v) is 8.12. The third-order valence-corrected chi connectivity index (χ3v) is 6.30. The smallest absolute Gasteiger partial charge is 0.228 e. The van der Waals surface area contributed by atoms with Gasteiger partial charge in [0.2, 0.25) is 0 Å². The van der Waals surface area contributed by atoms with Crippen molar-refractivity contribution in [3.8, 4) is 11.3 Å². The molecule has 0 radical (unpaired) electrons. The zero-order valence-corrected chi connectivity index (χ0v) is 15.7. The van der Waals surface area contributed by atoms with Crippen LogP contribution in [0, 0.1) is 19.7 Å². The molecule has 0 amide bonds. The molecule has 0 unspecified atom stereocenters. The predicted octanol–water partition coefficient (Wildman–Crippen LogP) is 4.85. The van der Waals surface area contributed by atoms with E-state index in [0.29, 0.717) is 26.2 Å². The lowest BCUT2D eigenvalue weighted by Crippen LogP contribution is -2.23. The van der Waals surface area contributed by atoms with E-state index >= 15 is 0 Å². The van der Waals surface area contributed by atoms with E-state index in [2.05, 4.69) is 4.98 Å². The molecule has 7 heteroatoms. The molecule has 0 aliphatic heterocycles. The van der Waals surface area contributed by atoms with E-state index < -0.39 is 10.0 Å². The molecule has 0 fully saturated rings. The van der Waals surface area contributed by atoms with E-state index in [9.17, 15) is 12.8 Å². The molecule has 134 valence electrons. The number of aromatic nitrogens is 1. The summed E-state index contributed by atoms with van der Waals surface area (Å²) in [7, 11) is -3.96. The zero-order chi connectivity index (χ0) is 18.9. The van der Waals surface area contributed by atoms with Crippen LogP contribution < -0.4 is 3.82 Å². The van der Waals surface area contributed by atoms with Crippen molar-refractivity contribution in [2.24, 2.45) is 0 Å². The molecular weight excluding hydrogens is 375 g/mol. The van der Waals surface area contributed by atoms with Crippen LogP contribution >= 0.6 is 11.8 Å². The van der Waals surface area contributed by atoms with Crippen molar-refractivity contribution in [3.63, 3.8) is 0 Å². The molecule has 0 N–H and O–H groups in total. The summed E-state index contributed by atoms with van der Waals surface area (Å²) >= 11 is 6.15. The largest absolute Gasteiger partial charge is 0.279 e. The quantitative estimate of drug-likeness (QED) is 0.598. The van der Waals surface area contributed by atoms with E-state index in [-0.39, 0.29) is 16.5 Å². The van der Waals surface area contributed by atoms with Crippen LogP contribution in [-0.4, -0.2) is 13.4 Å². The molecular formula is C19H16ClFN2O2S. The first-order valence-corrected chi connectivity index (χ1v) is 9.59. The Balaban J connectivity index is 2.04. The molecule has 1 aromatic heterocycles. The number of halogens is 2. The molecule has 3 rings (SSSR count). The van der Waals surface area contributed by atoms with Crippen molar-refractivity contribution in [3.05, 3.63) is 77.6 Å². The van der Waals surface area contributed by atoms with Gasteiger partial charge < -0.3 is 0 Å². The number of sulfonamides is 1. The molecule has 0 aliphatic rings. The van der Waals surface area contributed by atoms with Gasteiger partial charge in [0, 0.05) is 17.3 Å². The summed E-state index contributed by atoms with van der Waals surface area (Å²) in [5, 5.41) is 0. The molecule has 4 nitrogen and oxygen atoms in total. The summed E-state index contributed by atoms with van der Waals surface area (Å²) < 4.78 is 39.6. The highest BCUT2D eigenvalue weighted by atomic mass is 35.5. The Morgan fingerprint density at radius 2 is 1.69 bits per heavy atom. The second-order valence-electron chi connectivity index (χ2n) is 5.83. The topological polar surface area (TPSA) is 50.3 Å². The van der Waals surface area contributed by atoms with Crippen LogP contribution in [0.25, 0.3) is 11.3 Å². The molecule has 1 heterocycles. The molecule has 3 aromatic rings. The van der Waals surface area contributed by atoms with Crippen LogP contribution in [0.2, 0.25) is 0 Å². The number of anilines is 1. The molecule has 0 atom stereocenters. The van der Waals surface area contributed by atoms with Gasteiger partial charge in [-0.3, -0.25) is 0 Å². The van der Waals surface area contributed by atoms with Gasteiger partial charge in [0.15, 0.2) is 5.82 Å². The first kappa shape index (κ1) is 18.4. The van der Waals surface area contributed by atoms with Gasteiger partial charge in [-0.15, -0.1) is 0 Å². The minimum atomic E-state index is -3.96. The summed E-state index contributed by atoms with van der Waals surface area (Å²) in [6.07, 6.45) is 0. The van der Waals surface area contributed by atoms with Crippen molar-refractivity contribution in [1.29, 1.82) is 0 Å². The Hall–Kier alpha value is -2.44. The van der Waals surface area contributed by atoms with Gasteiger partial charge in [0.1, 0.15) is 5.82 Å². The first-order valence-electron chi connectivity index (χ1n) is 7.81. The monoisotopic (exact) mass is 390 g/mol. The Kier molecular flexibility index (Phi) is 4.98. The molecule has 0 saturated carbocycles. The lowest BCUT2D eigenvalue weighted by molar-refractivity contribution is 0.597. The highest BCUT2D eigenvalue weighted by Crippen LogP contribution is 2.29. The average Bonchev–Trinajstić information content (AvgIpc) is 2.61. The Morgan fingerprint density at radius 1 is 0.962 bits per heavy atom. The van der Waals surface area contributed by atoms with Crippen LogP contribution in [0.3, 0.4) is 0 Å². The van der Waals surface area contributed by atoms with Crippen LogP contribution in [0.1, 0.15) is 11.1 Å². The summed E-state index contributed by atoms with van der Waals surface area (Å²) in [5.41, 5.74) is 2.48. The fourth-order valence-electron chi connectivity index (χ4n) is 2.64. The first-order chi connectivity index (χ1) is 12.3. The van der Waals surface area contributed by atoms with Gasteiger partial charge >= 0.3 is 0 Å².